The number of hydrogen-bond acceptors (Lipinski definition) is 5. The van der Waals surface area contributed by atoms with Crippen LogP contribution in [0.5, 0.6) is 0 Å². The number of halogens is 3. The third-order valence-corrected chi connectivity index (χ3v) is 4.26. The molecule has 0 saturated carbocycles. The molecule has 0 spiro atoms. The Labute approximate surface area is 146 Å². The van der Waals surface area contributed by atoms with Crippen LogP contribution in [0.25, 0.3) is 0 Å². The highest BCUT2D eigenvalue weighted by molar-refractivity contribution is 8.14. The standard InChI is InChI=1S/C16H15F3N2O3S/c1-3-8-25-15(23)13-12(9(2)24-21-13)14(22)20-11-6-4-10(5-7-11)16(17,18)19/h4-7H,3,8H2,1-2H3,(H,20,22). The number of anilines is 1. The van der Waals surface area contributed by atoms with Gasteiger partial charge in [0.15, 0.2) is 5.69 Å². The van der Waals surface area contributed by atoms with Crippen LogP contribution in [0, 0.1) is 6.92 Å². The fourth-order valence-electron chi connectivity index (χ4n) is 1.98. The van der Waals surface area contributed by atoms with E-state index in [1.54, 1.807) is 0 Å². The molecular weight excluding hydrogens is 357 g/mol. The third-order valence-electron chi connectivity index (χ3n) is 3.19. The van der Waals surface area contributed by atoms with Crippen molar-refractivity contribution >= 4 is 28.5 Å². The molecule has 2 rings (SSSR count). The number of aryl methyl sites for hydroxylation is 1. The number of carbonyl (C=O) groups excluding carboxylic acids is 2. The van der Waals surface area contributed by atoms with E-state index in [-0.39, 0.29) is 22.7 Å². The van der Waals surface area contributed by atoms with Gasteiger partial charge >= 0.3 is 6.18 Å². The topological polar surface area (TPSA) is 72.2 Å². The number of carbonyl (C=O) groups is 2. The lowest BCUT2D eigenvalue weighted by molar-refractivity contribution is -0.137. The van der Waals surface area contributed by atoms with Crippen molar-refractivity contribution in [3.05, 3.63) is 46.8 Å². The first-order valence-electron chi connectivity index (χ1n) is 7.36. The van der Waals surface area contributed by atoms with E-state index < -0.39 is 22.8 Å². The van der Waals surface area contributed by atoms with Crippen LogP contribution in [0.4, 0.5) is 18.9 Å². The second kappa shape index (κ2) is 7.73. The second-order valence-electron chi connectivity index (χ2n) is 5.13. The van der Waals surface area contributed by atoms with Crippen LogP contribution in [0.3, 0.4) is 0 Å². The molecule has 1 amide bonds. The predicted octanol–water partition coefficient (Wildman–Crippen LogP) is 4.54. The molecular formula is C16H15F3N2O3S. The van der Waals surface area contributed by atoms with Crippen LogP contribution in [-0.2, 0) is 6.18 Å². The first-order valence-corrected chi connectivity index (χ1v) is 8.34. The lowest BCUT2D eigenvalue weighted by atomic mass is 10.1. The van der Waals surface area contributed by atoms with Gasteiger partial charge in [-0.15, -0.1) is 0 Å². The molecule has 1 aromatic heterocycles. The van der Waals surface area contributed by atoms with E-state index in [0.29, 0.717) is 5.75 Å². The van der Waals surface area contributed by atoms with Crippen molar-refractivity contribution in [2.75, 3.05) is 11.1 Å². The van der Waals surface area contributed by atoms with Crippen molar-refractivity contribution in [2.45, 2.75) is 26.4 Å². The largest absolute Gasteiger partial charge is 0.416 e. The first-order chi connectivity index (χ1) is 11.7. The number of amides is 1. The van der Waals surface area contributed by atoms with E-state index in [2.05, 4.69) is 10.5 Å². The molecule has 1 N–H and O–H groups in total. The van der Waals surface area contributed by atoms with Crippen molar-refractivity contribution in [3.63, 3.8) is 0 Å². The average molecular weight is 372 g/mol. The van der Waals surface area contributed by atoms with Gasteiger partial charge in [0.1, 0.15) is 11.3 Å². The molecule has 0 unspecified atom stereocenters. The van der Waals surface area contributed by atoms with Gasteiger partial charge in [0.2, 0.25) is 5.12 Å². The van der Waals surface area contributed by atoms with Gasteiger partial charge in [-0.2, -0.15) is 13.2 Å². The zero-order valence-electron chi connectivity index (χ0n) is 13.4. The number of aromatic nitrogens is 1. The summed E-state index contributed by atoms with van der Waals surface area (Å²) in [5, 5.41) is 5.68. The van der Waals surface area contributed by atoms with Gasteiger partial charge in [-0.25, -0.2) is 0 Å². The summed E-state index contributed by atoms with van der Waals surface area (Å²) in [6.07, 6.45) is -3.68. The quantitative estimate of drug-likeness (QED) is 0.834. The minimum absolute atomic E-state index is 0.0199. The van der Waals surface area contributed by atoms with Crippen molar-refractivity contribution in [3.8, 4) is 0 Å². The van der Waals surface area contributed by atoms with E-state index in [0.717, 1.165) is 42.4 Å². The fourth-order valence-corrected chi connectivity index (χ4v) is 2.64. The van der Waals surface area contributed by atoms with Gasteiger partial charge in [-0.3, -0.25) is 9.59 Å². The van der Waals surface area contributed by atoms with Crippen LogP contribution in [0.15, 0.2) is 28.8 Å². The maximum absolute atomic E-state index is 12.6. The van der Waals surface area contributed by atoms with Gasteiger partial charge in [0, 0.05) is 11.4 Å². The Kier molecular flexibility index (Phi) is 5.89. The molecule has 0 aliphatic carbocycles. The number of alkyl halides is 3. The molecule has 0 aliphatic heterocycles. The molecule has 0 radical (unpaired) electrons. The zero-order valence-corrected chi connectivity index (χ0v) is 14.3. The molecule has 0 atom stereocenters. The molecule has 1 heterocycles. The Morgan fingerprint density at radius 1 is 1.24 bits per heavy atom. The molecule has 25 heavy (non-hydrogen) atoms. The van der Waals surface area contributed by atoms with Crippen LogP contribution in [0.1, 0.15) is 45.5 Å². The Balaban J connectivity index is 2.18. The lowest BCUT2D eigenvalue weighted by Gasteiger charge is -2.09. The maximum Gasteiger partial charge on any atom is 0.416 e. The Morgan fingerprint density at radius 2 is 1.88 bits per heavy atom. The van der Waals surface area contributed by atoms with Crippen molar-refractivity contribution < 1.29 is 27.3 Å². The molecule has 2 aromatic rings. The van der Waals surface area contributed by atoms with Gasteiger partial charge < -0.3 is 9.84 Å². The van der Waals surface area contributed by atoms with Crippen LogP contribution < -0.4 is 5.32 Å². The van der Waals surface area contributed by atoms with E-state index in [4.69, 9.17) is 4.52 Å². The molecule has 0 bridgehead atoms. The molecule has 134 valence electrons. The molecule has 1 aromatic carbocycles. The monoisotopic (exact) mass is 372 g/mol. The Bertz CT molecular complexity index is 770. The number of benzene rings is 1. The molecule has 9 heteroatoms. The SMILES string of the molecule is CCCSC(=O)c1noc(C)c1C(=O)Nc1ccc(C(F)(F)F)cc1. The second-order valence-corrected chi connectivity index (χ2v) is 6.20. The first kappa shape index (κ1) is 19.0. The number of rotatable bonds is 5. The third kappa shape index (κ3) is 4.62. The summed E-state index contributed by atoms with van der Waals surface area (Å²) in [5.41, 5.74) is -0.773. The lowest BCUT2D eigenvalue weighted by Crippen LogP contribution is -2.16. The van der Waals surface area contributed by atoms with Crippen LogP contribution in [-0.4, -0.2) is 21.9 Å². The van der Waals surface area contributed by atoms with Gasteiger partial charge in [-0.1, -0.05) is 23.8 Å². The highest BCUT2D eigenvalue weighted by atomic mass is 32.2. The molecule has 5 nitrogen and oxygen atoms in total. The summed E-state index contributed by atoms with van der Waals surface area (Å²) < 4.78 is 42.6. The molecule has 0 saturated heterocycles. The number of nitrogens with one attached hydrogen (secondary N) is 1. The Hall–Kier alpha value is -2.29. The highest BCUT2D eigenvalue weighted by Crippen LogP contribution is 2.30. The smallest absolute Gasteiger partial charge is 0.360 e. The summed E-state index contributed by atoms with van der Waals surface area (Å²) >= 11 is 1.02. The fraction of sp³-hybridized carbons (Fsp3) is 0.312. The van der Waals surface area contributed by atoms with E-state index >= 15 is 0 Å². The number of thioether (sulfide) groups is 1. The summed E-state index contributed by atoms with van der Waals surface area (Å²) in [7, 11) is 0. The van der Waals surface area contributed by atoms with E-state index in [1.165, 1.54) is 6.92 Å². The highest BCUT2D eigenvalue weighted by Gasteiger charge is 2.30. The minimum atomic E-state index is -4.45. The normalized spacial score (nSPS) is 11.4. The van der Waals surface area contributed by atoms with Crippen LogP contribution >= 0.6 is 11.8 Å². The van der Waals surface area contributed by atoms with Gasteiger partial charge in [-0.05, 0) is 37.6 Å². The van der Waals surface area contributed by atoms with Gasteiger partial charge in [0.25, 0.3) is 5.91 Å². The average Bonchev–Trinajstić information content (AvgIpc) is 2.94. The zero-order chi connectivity index (χ0) is 18.6. The van der Waals surface area contributed by atoms with Crippen molar-refractivity contribution in [1.29, 1.82) is 0 Å². The maximum atomic E-state index is 12.6. The molecule has 0 aliphatic rings. The van der Waals surface area contributed by atoms with Crippen molar-refractivity contribution in [2.24, 2.45) is 0 Å². The summed E-state index contributed by atoms with van der Waals surface area (Å²) in [6.45, 7) is 3.39. The number of nitrogens with zero attached hydrogens (tertiary/aromatic N) is 1. The van der Waals surface area contributed by atoms with Crippen LogP contribution in [0.2, 0.25) is 0 Å². The summed E-state index contributed by atoms with van der Waals surface area (Å²) in [4.78, 5) is 24.5. The van der Waals surface area contributed by atoms with E-state index in [1.807, 2.05) is 6.92 Å². The van der Waals surface area contributed by atoms with Crippen molar-refractivity contribution in [1.82, 2.24) is 5.16 Å². The minimum Gasteiger partial charge on any atom is -0.360 e. The van der Waals surface area contributed by atoms with E-state index in [9.17, 15) is 22.8 Å². The molecule has 0 fully saturated rings. The summed E-state index contributed by atoms with van der Waals surface area (Å²) in [6, 6.07) is 3.99. The predicted molar refractivity (Wildman–Crippen MR) is 87.7 cm³/mol. The summed E-state index contributed by atoms with van der Waals surface area (Å²) in [5.74, 6) is 0.0638. The Morgan fingerprint density at radius 3 is 2.44 bits per heavy atom. The van der Waals surface area contributed by atoms with Gasteiger partial charge in [0.05, 0.1) is 5.56 Å². The number of hydrogen-bond donors (Lipinski definition) is 1.